The lowest BCUT2D eigenvalue weighted by molar-refractivity contribution is -0.111. The number of amides is 2. The molecule has 0 heterocycles. The lowest BCUT2D eigenvalue weighted by Crippen LogP contribution is -2.26. The standard InChI is InChI=1S/C26H20N2O5/c29-24(28-18-13-11-17(12-14-18)25(30)31)10-5-15-27-26(32)33-16-23-21-8-3-1-6-19(21)20-7-2-4-9-22(20)23/h1-4,6-9,11-14,23H,15-16H2,(H,27,32)(H,28,29)(H,30,31). The van der Waals surface area contributed by atoms with E-state index in [1.165, 1.54) is 24.3 Å². The maximum absolute atomic E-state index is 12.1. The Bertz CT molecular complexity index is 1230. The second kappa shape index (κ2) is 9.71. The Balaban J connectivity index is 1.26. The van der Waals surface area contributed by atoms with Gasteiger partial charge in [0, 0.05) is 11.6 Å². The fourth-order valence-electron chi connectivity index (χ4n) is 3.75. The van der Waals surface area contributed by atoms with Crippen molar-refractivity contribution in [1.29, 1.82) is 0 Å². The second-order valence-electron chi connectivity index (χ2n) is 7.32. The lowest BCUT2D eigenvalue weighted by atomic mass is 9.98. The monoisotopic (exact) mass is 440 g/mol. The zero-order chi connectivity index (χ0) is 23.2. The highest BCUT2D eigenvalue weighted by Gasteiger charge is 2.28. The van der Waals surface area contributed by atoms with E-state index in [0.29, 0.717) is 5.69 Å². The largest absolute Gasteiger partial charge is 0.478 e. The molecule has 0 aliphatic heterocycles. The molecule has 33 heavy (non-hydrogen) atoms. The van der Waals surface area contributed by atoms with Crippen molar-refractivity contribution in [3.63, 3.8) is 0 Å². The van der Waals surface area contributed by atoms with E-state index < -0.39 is 18.0 Å². The molecular weight excluding hydrogens is 420 g/mol. The van der Waals surface area contributed by atoms with Crippen molar-refractivity contribution in [3.05, 3.63) is 89.5 Å². The highest BCUT2D eigenvalue weighted by Crippen LogP contribution is 2.44. The summed E-state index contributed by atoms with van der Waals surface area (Å²) in [5.74, 6) is 3.26. The SMILES string of the molecule is O=C(C#CCNC(=O)OCC1c2ccccc2-c2ccccc21)Nc1ccc(C(=O)O)cc1. The van der Waals surface area contributed by atoms with E-state index in [0.717, 1.165) is 22.3 Å². The number of carboxylic acids is 1. The molecule has 7 nitrogen and oxygen atoms in total. The van der Waals surface area contributed by atoms with Gasteiger partial charge in [-0.3, -0.25) is 4.79 Å². The van der Waals surface area contributed by atoms with Crippen LogP contribution in [0.25, 0.3) is 11.1 Å². The van der Waals surface area contributed by atoms with Gasteiger partial charge in [-0.05, 0) is 52.4 Å². The molecule has 0 aromatic heterocycles. The smallest absolute Gasteiger partial charge is 0.407 e. The van der Waals surface area contributed by atoms with E-state index in [1.54, 1.807) is 0 Å². The Morgan fingerprint density at radius 2 is 1.48 bits per heavy atom. The minimum Gasteiger partial charge on any atom is -0.478 e. The molecule has 2 amide bonds. The van der Waals surface area contributed by atoms with Gasteiger partial charge in [0.15, 0.2) is 0 Å². The minimum absolute atomic E-state index is 0.0347. The number of ether oxygens (including phenoxy) is 1. The molecule has 0 saturated carbocycles. The van der Waals surface area contributed by atoms with E-state index >= 15 is 0 Å². The zero-order valence-electron chi connectivity index (χ0n) is 17.5. The predicted molar refractivity (Wildman–Crippen MR) is 123 cm³/mol. The summed E-state index contributed by atoms with van der Waals surface area (Å²) >= 11 is 0. The van der Waals surface area contributed by atoms with Crippen molar-refractivity contribution < 1.29 is 24.2 Å². The van der Waals surface area contributed by atoms with Gasteiger partial charge in [0.2, 0.25) is 0 Å². The molecule has 164 valence electrons. The van der Waals surface area contributed by atoms with Crippen LogP contribution in [0.3, 0.4) is 0 Å². The van der Waals surface area contributed by atoms with Crippen LogP contribution in [0.4, 0.5) is 10.5 Å². The summed E-state index contributed by atoms with van der Waals surface area (Å²) in [6.07, 6.45) is -0.615. The molecule has 0 fully saturated rings. The number of fused-ring (bicyclic) bond motifs is 3. The first-order valence-electron chi connectivity index (χ1n) is 10.2. The Hall–Kier alpha value is -4.57. The van der Waals surface area contributed by atoms with Crippen LogP contribution in [-0.4, -0.2) is 36.2 Å². The molecule has 0 spiro atoms. The number of anilines is 1. The number of carboxylic acid groups (broad SMARTS) is 1. The van der Waals surface area contributed by atoms with Gasteiger partial charge in [-0.25, -0.2) is 9.59 Å². The topological polar surface area (TPSA) is 105 Å². The molecule has 0 atom stereocenters. The summed E-state index contributed by atoms with van der Waals surface area (Å²) in [5.41, 5.74) is 5.09. The molecule has 0 saturated heterocycles. The van der Waals surface area contributed by atoms with E-state index in [1.807, 2.05) is 36.4 Å². The molecule has 0 bridgehead atoms. The molecule has 1 aliphatic carbocycles. The number of benzene rings is 3. The first-order valence-corrected chi connectivity index (χ1v) is 10.2. The lowest BCUT2D eigenvalue weighted by Gasteiger charge is -2.14. The van der Waals surface area contributed by atoms with Crippen molar-refractivity contribution in [2.24, 2.45) is 0 Å². The molecule has 7 heteroatoms. The van der Waals surface area contributed by atoms with Gasteiger partial charge in [-0.2, -0.15) is 0 Å². The van der Waals surface area contributed by atoms with Crippen molar-refractivity contribution in [2.75, 3.05) is 18.5 Å². The van der Waals surface area contributed by atoms with Gasteiger partial charge >= 0.3 is 12.1 Å². The molecule has 1 aliphatic rings. The van der Waals surface area contributed by atoms with E-state index in [-0.39, 0.29) is 24.6 Å². The third-order valence-corrected chi connectivity index (χ3v) is 5.26. The van der Waals surface area contributed by atoms with Crippen LogP contribution in [0, 0.1) is 11.8 Å². The summed E-state index contributed by atoms with van der Waals surface area (Å²) in [4.78, 5) is 34.8. The number of hydrogen-bond donors (Lipinski definition) is 3. The van der Waals surface area contributed by atoms with E-state index in [9.17, 15) is 14.4 Å². The fourth-order valence-corrected chi connectivity index (χ4v) is 3.75. The zero-order valence-corrected chi connectivity index (χ0v) is 17.5. The van der Waals surface area contributed by atoms with Crippen LogP contribution in [0.15, 0.2) is 72.8 Å². The Kier molecular flexibility index (Phi) is 6.37. The molecule has 0 radical (unpaired) electrons. The highest BCUT2D eigenvalue weighted by atomic mass is 16.5. The summed E-state index contributed by atoms with van der Waals surface area (Å²) in [6.45, 7) is 0.141. The van der Waals surface area contributed by atoms with Crippen LogP contribution in [0.2, 0.25) is 0 Å². The van der Waals surface area contributed by atoms with Gasteiger partial charge < -0.3 is 20.5 Å². The summed E-state index contributed by atoms with van der Waals surface area (Å²) < 4.78 is 5.41. The number of rotatable bonds is 5. The van der Waals surface area contributed by atoms with Crippen molar-refractivity contribution in [1.82, 2.24) is 5.32 Å². The van der Waals surface area contributed by atoms with E-state index in [2.05, 4.69) is 34.6 Å². The van der Waals surface area contributed by atoms with Crippen LogP contribution in [-0.2, 0) is 9.53 Å². The number of nitrogens with one attached hydrogen (secondary N) is 2. The van der Waals surface area contributed by atoms with Gasteiger partial charge in [-0.1, -0.05) is 54.5 Å². The van der Waals surface area contributed by atoms with Crippen LogP contribution in [0.1, 0.15) is 27.4 Å². The summed E-state index contributed by atoms with van der Waals surface area (Å²) in [5, 5.41) is 13.9. The molecule has 0 unspecified atom stereocenters. The maximum Gasteiger partial charge on any atom is 0.407 e. The number of alkyl carbamates (subject to hydrolysis) is 1. The van der Waals surface area contributed by atoms with Gasteiger partial charge in [0.1, 0.15) is 6.61 Å². The third-order valence-electron chi connectivity index (χ3n) is 5.26. The van der Waals surface area contributed by atoms with E-state index in [4.69, 9.17) is 9.84 Å². The van der Waals surface area contributed by atoms with Gasteiger partial charge in [0.05, 0.1) is 12.1 Å². The van der Waals surface area contributed by atoms with Gasteiger partial charge in [0.25, 0.3) is 5.91 Å². The number of carbonyl (C=O) groups excluding carboxylic acids is 2. The summed E-state index contributed by atoms with van der Waals surface area (Å²) in [6, 6.07) is 21.8. The number of aromatic carboxylic acids is 1. The number of carbonyl (C=O) groups is 3. The van der Waals surface area contributed by atoms with Crippen LogP contribution >= 0.6 is 0 Å². The highest BCUT2D eigenvalue weighted by molar-refractivity contribution is 6.04. The average Bonchev–Trinajstić information content (AvgIpc) is 3.14. The second-order valence-corrected chi connectivity index (χ2v) is 7.32. The maximum atomic E-state index is 12.1. The van der Waals surface area contributed by atoms with Crippen LogP contribution < -0.4 is 10.6 Å². The Morgan fingerprint density at radius 1 is 0.879 bits per heavy atom. The fraction of sp³-hybridized carbons (Fsp3) is 0.115. The van der Waals surface area contributed by atoms with Crippen molar-refractivity contribution in [3.8, 4) is 23.0 Å². The molecule has 3 N–H and O–H groups in total. The Labute approximate surface area is 190 Å². The first-order chi connectivity index (χ1) is 16.0. The third kappa shape index (κ3) is 5.02. The molecule has 3 aromatic carbocycles. The Morgan fingerprint density at radius 3 is 2.09 bits per heavy atom. The number of hydrogen-bond acceptors (Lipinski definition) is 4. The summed E-state index contributed by atoms with van der Waals surface area (Å²) in [7, 11) is 0. The normalized spacial score (nSPS) is 11.4. The van der Waals surface area contributed by atoms with Crippen LogP contribution in [0.5, 0.6) is 0 Å². The quantitative estimate of drug-likeness (QED) is 0.523. The molecular formula is C26H20N2O5. The predicted octanol–water partition coefficient (Wildman–Crippen LogP) is 3.87. The minimum atomic E-state index is -1.05. The average molecular weight is 440 g/mol. The van der Waals surface area contributed by atoms with Gasteiger partial charge in [-0.15, -0.1) is 0 Å². The first kappa shape index (κ1) is 21.7. The molecule has 3 aromatic rings. The van der Waals surface area contributed by atoms with Crippen molar-refractivity contribution in [2.45, 2.75) is 5.92 Å². The molecule has 4 rings (SSSR count). The van der Waals surface area contributed by atoms with Crippen molar-refractivity contribution >= 4 is 23.7 Å².